The number of hydrogen-bond donors (Lipinski definition) is 2. The molecule has 0 saturated carbocycles. The summed E-state index contributed by atoms with van der Waals surface area (Å²) < 4.78 is 6.76. The van der Waals surface area contributed by atoms with Gasteiger partial charge in [0.05, 0.1) is 16.9 Å². The molecule has 0 fully saturated rings. The molecule has 27 heavy (non-hydrogen) atoms. The molecule has 0 aliphatic carbocycles. The van der Waals surface area contributed by atoms with Crippen LogP contribution in [0.25, 0.3) is 17.8 Å². The summed E-state index contributed by atoms with van der Waals surface area (Å²) in [6, 6.07) is 16.6. The van der Waals surface area contributed by atoms with Crippen LogP contribution in [0.3, 0.4) is 0 Å². The van der Waals surface area contributed by atoms with Crippen molar-refractivity contribution in [1.29, 1.82) is 5.26 Å². The van der Waals surface area contributed by atoms with Gasteiger partial charge in [0, 0.05) is 0 Å². The minimum Gasteiger partial charge on any atom is -0.471 e. The van der Waals surface area contributed by atoms with Crippen molar-refractivity contribution in [3.63, 3.8) is 0 Å². The van der Waals surface area contributed by atoms with Gasteiger partial charge in [0.15, 0.2) is 12.4 Å². The largest absolute Gasteiger partial charge is 0.471 e. The Labute approximate surface area is 155 Å². The molecule has 0 radical (unpaired) electrons. The Morgan fingerprint density at radius 1 is 1.22 bits per heavy atom. The summed E-state index contributed by atoms with van der Waals surface area (Å²) >= 11 is 0. The Morgan fingerprint density at radius 2 is 2.04 bits per heavy atom. The Hall–Kier alpha value is -4.05. The van der Waals surface area contributed by atoms with E-state index in [-0.39, 0.29) is 11.5 Å². The molecule has 1 aliphatic heterocycles. The fourth-order valence-electron chi connectivity index (χ4n) is 2.91. The van der Waals surface area contributed by atoms with E-state index in [1.54, 1.807) is 36.4 Å². The fraction of sp³-hybridized carbons (Fsp3) is 0.0500. The number of benzene rings is 2. The first-order valence-corrected chi connectivity index (χ1v) is 8.24. The van der Waals surface area contributed by atoms with Crippen LogP contribution < -0.4 is 21.5 Å². The summed E-state index contributed by atoms with van der Waals surface area (Å²) in [5.41, 5.74) is 8.41. The number of nitrogens with one attached hydrogen (secondary N) is 1. The maximum Gasteiger partial charge on any atom is 0.355 e. The maximum absolute atomic E-state index is 12.3. The Morgan fingerprint density at radius 3 is 2.81 bits per heavy atom. The minimum absolute atomic E-state index is 0.0139. The molecule has 0 saturated heterocycles. The highest BCUT2D eigenvalue weighted by Crippen LogP contribution is 2.30. The van der Waals surface area contributed by atoms with Crippen LogP contribution >= 0.6 is 0 Å². The number of aromatic nitrogens is 2. The zero-order valence-corrected chi connectivity index (χ0v) is 14.2. The van der Waals surface area contributed by atoms with Gasteiger partial charge in [0.2, 0.25) is 0 Å². The van der Waals surface area contributed by atoms with Crippen molar-refractivity contribution in [3.05, 3.63) is 75.8 Å². The molecule has 2 heterocycles. The molecule has 0 unspecified atom stereocenters. The zero-order valence-electron chi connectivity index (χ0n) is 14.2. The van der Waals surface area contributed by atoms with E-state index in [0.717, 1.165) is 17.0 Å². The van der Waals surface area contributed by atoms with Crippen LogP contribution in [0, 0.1) is 11.3 Å². The van der Waals surface area contributed by atoms with Crippen molar-refractivity contribution < 1.29 is 4.74 Å². The molecule has 132 valence electrons. The molecule has 1 aliphatic rings. The summed E-state index contributed by atoms with van der Waals surface area (Å²) in [6.45, 7) is 0.444. The van der Waals surface area contributed by atoms with Crippen molar-refractivity contribution in [3.8, 4) is 17.5 Å². The number of nitrogen functional groups attached to an aromatic ring is 1. The van der Waals surface area contributed by atoms with Gasteiger partial charge in [0.1, 0.15) is 17.6 Å². The second-order valence-electron chi connectivity index (χ2n) is 5.88. The average Bonchev–Trinajstić information content (AvgIpc) is 3.15. The average molecular weight is 357 g/mol. The summed E-state index contributed by atoms with van der Waals surface area (Å²) in [7, 11) is 0. The highest BCUT2D eigenvalue weighted by Gasteiger charge is 2.15. The Bertz CT molecular complexity index is 1140. The van der Waals surface area contributed by atoms with E-state index in [1.165, 1.54) is 4.57 Å². The lowest BCUT2D eigenvalue weighted by Crippen LogP contribution is -2.26. The Kier molecular flexibility index (Phi) is 4.07. The zero-order chi connectivity index (χ0) is 18.8. The molecule has 4 rings (SSSR count). The molecule has 0 amide bonds. The van der Waals surface area contributed by atoms with Gasteiger partial charge in [-0.05, 0) is 35.9 Å². The molecule has 3 aromatic rings. The van der Waals surface area contributed by atoms with Crippen molar-refractivity contribution in [2.24, 2.45) is 0 Å². The van der Waals surface area contributed by atoms with Crippen LogP contribution in [-0.2, 0) is 0 Å². The lowest BCUT2D eigenvalue weighted by atomic mass is 10.1. The van der Waals surface area contributed by atoms with Gasteiger partial charge in [0.25, 0.3) is 0 Å². The fourth-order valence-corrected chi connectivity index (χ4v) is 2.91. The van der Waals surface area contributed by atoms with Crippen molar-refractivity contribution in [2.45, 2.75) is 0 Å². The number of anilines is 2. The number of para-hydroxylation sites is 1. The van der Waals surface area contributed by atoms with E-state index in [4.69, 9.17) is 10.5 Å². The smallest absolute Gasteiger partial charge is 0.355 e. The van der Waals surface area contributed by atoms with E-state index < -0.39 is 5.69 Å². The quantitative estimate of drug-likeness (QED) is 0.746. The highest BCUT2D eigenvalue weighted by molar-refractivity contribution is 5.79. The normalized spacial score (nSPS) is 12.3. The standard InChI is InChI=1S/C20H15N5O2/c21-11-17-15(8-6-13-7-9-16-18(10-13)27-12-23-16)19(22)25(20(26)24-17)14-4-2-1-3-5-14/h1-10,23H,12,22H2. The number of nitriles is 1. The molecule has 7 heteroatoms. The maximum atomic E-state index is 12.3. The first kappa shape index (κ1) is 16.4. The van der Waals surface area contributed by atoms with Crippen LogP contribution in [0.15, 0.2) is 53.3 Å². The number of nitrogens with zero attached hydrogens (tertiary/aromatic N) is 3. The van der Waals surface area contributed by atoms with E-state index in [9.17, 15) is 10.1 Å². The Balaban J connectivity index is 1.80. The van der Waals surface area contributed by atoms with Crippen molar-refractivity contribution in [1.82, 2.24) is 9.55 Å². The summed E-state index contributed by atoms with van der Waals surface area (Å²) in [6.07, 6.45) is 3.49. The third kappa shape index (κ3) is 3.00. The first-order chi connectivity index (χ1) is 13.2. The molecule has 3 N–H and O–H groups in total. The molecule has 7 nitrogen and oxygen atoms in total. The third-order valence-corrected chi connectivity index (χ3v) is 4.23. The van der Waals surface area contributed by atoms with E-state index in [1.807, 2.05) is 30.3 Å². The summed E-state index contributed by atoms with van der Waals surface area (Å²) in [4.78, 5) is 16.2. The molecule has 0 atom stereocenters. The van der Waals surface area contributed by atoms with E-state index >= 15 is 0 Å². The predicted octanol–water partition coefficient (Wildman–Crippen LogP) is 2.62. The van der Waals surface area contributed by atoms with E-state index in [0.29, 0.717) is 18.0 Å². The molecule has 2 aromatic carbocycles. The summed E-state index contributed by atoms with van der Waals surface area (Å²) in [5.74, 6) is 0.922. The van der Waals surface area contributed by atoms with Crippen LogP contribution in [0.2, 0.25) is 0 Å². The number of hydrogen-bond acceptors (Lipinski definition) is 6. The van der Waals surface area contributed by atoms with Crippen molar-refractivity contribution in [2.75, 3.05) is 17.8 Å². The monoisotopic (exact) mass is 357 g/mol. The van der Waals surface area contributed by atoms with Crippen LogP contribution in [0.5, 0.6) is 5.75 Å². The second kappa shape index (κ2) is 6.69. The third-order valence-electron chi connectivity index (χ3n) is 4.23. The second-order valence-corrected chi connectivity index (χ2v) is 5.88. The molecule has 0 bridgehead atoms. The number of ether oxygens (including phenoxy) is 1. The lowest BCUT2D eigenvalue weighted by molar-refractivity contribution is 0.372. The molecule has 1 aromatic heterocycles. The van der Waals surface area contributed by atoms with Gasteiger partial charge >= 0.3 is 5.69 Å². The van der Waals surface area contributed by atoms with Crippen molar-refractivity contribution >= 4 is 23.7 Å². The highest BCUT2D eigenvalue weighted by atomic mass is 16.5. The lowest BCUT2D eigenvalue weighted by Gasteiger charge is -2.12. The van der Waals surface area contributed by atoms with Gasteiger partial charge in [-0.15, -0.1) is 0 Å². The van der Waals surface area contributed by atoms with Crippen LogP contribution in [0.1, 0.15) is 16.8 Å². The summed E-state index contributed by atoms with van der Waals surface area (Å²) in [5, 5.41) is 12.5. The first-order valence-electron chi connectivity index (χ1n) is 8.24. The number of fused-ring (bicyclic) bond motifs is 1. The van der Waals surface area contributed by atoms with Gasteiger partial charge < -0.3 is 15.8 Å². The predicted molar refractivity (Wildman–Crippen MR) is 103 cm³/mol. The van der Waals surface area contributed by atoms with Crippen LogP contribution in [0.4, 0.5) is 11.5 Å². The topological polar surface area (TPSA) is 106 Å². The number of nitrogens with two attached hydrogens (primary N) is 1. The number of rotatable bonds is 3. The van der Waals surface area contributed by atoms with E-state index in [2.05, 4.69) is 10.3 Å². The molecular weight excluding hydrogens is 342 g/mol. The molecular formula is C20H15N5O2. The van der Waals surface area contributed by atoms with Crippen LogP contribution in [-0.4, -0.2) is 16.3 Å². The van der Waals surface area contributed by atoms with Gasteiger partial charge in [-0.1, -0.05) is 30.3 Å². The van der Waals surface area contributed by atoms with Gasteiger partial charge in [-0.2, -0.15) is 10.2 Å². The SMILES string of the molecule is N#Cc1nc(=O)n(-c2ccccc2)c(N)c1C=Cc1ccc2c(c1)OCN2. The van der Waals surface area contributed by atoms with Gasteiger partial charge in [-0.25, -0.2) is 9.36 Å². The minimum atomic E-state index is -0.593. The van der Waals surface area contributed by atoms with Gasteiger partial charge in [-0.3, -0.25) is 0 Å². The molecule has 0 spiro atoms.